The van der Waals surface area contributed by atoms with Crippen molar-refractivity contribution in [1.82, 2.24) is 4.31 Å². The molecule has 0 unspecified atom stereocenters. The summed E-state index contributed by atoms with van der Waals surface area (Å²) < 4.78 is 54.2. The highest BCUT2D eigenvalue weighted by Crippen LogP contribution is 2.25. The minimum Gasteiger partial charge on any atom is -0.394 e. The average Bonchev–Trinajstić information content (AvgIpc) is 2.89. The van der Waals surface area contributed by atoms with Gasteiger partial charge in [-0.05, 0) is 67.6 Å². The molecule has 37 heavy (non-hydrogen) atoms. The summed E-state index contributed by atoms with van der Waals surface area (Å²) in [6, 6.07) is 18.3. The minimum atomic E-state index is -3.96. The number of rotatable bonds is 11. The summed E-state index contributed by atoms with van der Waals surface area (Å²) in [6.07, 6.45) is 0. The van der Waals surface area contributed by atoms with E-state index in [0.717, 1.165) is 9.87 Å². The lowest BCUT2D eigenvalue weighted by Crippen LogP contribution is -2.33. The summed E-state index contributed by atoms with van der Waals surface area (Å²) in [5.74, 6) is -0.469. The lowest BCUT2D eigenvalue weighted by Gasteiger charge is -2.24. The molecule has 1 amide bonds. The van der Waals surface area contributed by atoms with Crippen LogP contribution in [0.3, 0.4) is 0 Å². The number of aliphatic hydroxyl groups excluding tert-OH is 1. The number of nitrogens with zero attached hydrogens (tertiary/aromatic N) is 2. The average molecular weight is 546 g/mol. The van der Waals surface area contributed by atoms with Gasteiger partial charge in [-0.2, -0.15) is 4.31 Å². The Labute approximate surface area is 218 Å². The van der Waals surface area contributed by atoms with Gasteiger partial charge in [0.2, 0.25) is 10.0 Å². The lowest BCUT2D eigenvalue weighted by atomic mass is 10.2. The number of hydrogen-bond acceptors (Lipinski definition) is 6. The maximum absolute atomic E-state index is 13.2. The molecule has 11 heteroatoms. The van der Waals surface area contributed by atoms with E-state index < -0.39 is 26.0 Å². The Morgan fingerprint density at radius 1 is 0.784 bits per heavy atom. The Morgan fingerprint density at radius 2 is 1.30 bits per heavy atom. The van der Waals surface area contributed by atoms with Gasteiger partial charge in [0.1, 0.15) is 0 Å². The summed E-state index contributed by atoms with van der Waals surface area (Å²) >= 11 is 0. The Balaban J connectivity index is 1.76. The van der Waals surface area contributed by atoms with E-state index >= 15 is 0 Å². The summed E-state index contributed by atoms with van der Waals surface area (Å²) in [5, 5.41) is 12.1. The second-order valence-electron chi connectivity index (χ2n) is 8.23. The van der Waals surface area contributed by atoms with Crippen molar-refractivity contribution < 1.29 is 26.7 Å². The third kappa shape index (κ3) is 6.37. The van der Waals surface area contributed by atoms with Gasteiger partial charge < -0.3 is 10.4 Å². The molecule has 0 aliphatic heterocycles. The van der Waals surface area contributed by atoms with Crippen molar-refractivity contribution in [3.63, 3.8) is 0 Å². The molecule has 198 valence electrons. The largest absolute Gasteiger partial charge is 0.394 e. The van der Waals surface area contributed by atoms with Gasteiger partial charge in [0.25, 0.3) is 15.9 Å². The quantitative estimate of drug-likeness (QED) is 0.380. The molecular formula is C26H31N3O6S2. The number of aryl methyl sites for hydroxylation is 1. The van der Waals surface area contributed by atoms with Crippen molar-refractivity contribution in [2.75, 3.05) is 35.9 Å². The lowest BCUT2D eigenvalue weighted by molar-refractivity contribution is 0.102. The zero-order valence-electron chi connectivity index (χ0n) is 21.0. The van der Waals surface area contributed by atoms with Crippen LogP contribution in [-0.4, -0.2) is 58.4 Å². The molecule has 9 nitrogen and oxygen atoms in total. The van der Waals surface area contributed by atoms with Gasteiger partial charge in [-0.1, -0.05) is 31.5 Å². The van der Waals surface area contributed by atoms with Gasteiger partial charge in [0, 0.05) is 24.3 Å². The number of sulfonamides is 2. The second-order valence-corrected chi connectivity index (χ2v) is 12.0. The molecule has 0 bridgehead atoms. The zero-order valence-corrected chi connectivity index (χ0v) is 22.6. The minimum absolute atomic E-state index is 0.00508. The maximum Gasteiger partial charge on any atom is 0.264 e. The first-order valence-corrected chi connectivity index (χ1v) is 14.6. The third-order valence-corrected chi connectivity index (χ3v) is 9.69. The number of anilines is 2. The molecule has 0 spiro atoms. The van der Waals surface area contributed by atoms with E-state index in [-0.39, 0.29) is 28.5 Å². The van der Waals surface area contributed by atoms with E-state index in [1.165, 1.54) is 52.8 Å². The van der Waals surface area contributed by atoms with Gasteiger partial charge in [-0.15, -0.1) is 0 Å². The van der Waals surface area contributed by atoms with Crippen LogP contribution < -0.4 is 9.62 Å². The third-order valence-electron chi connectivity index (χ3n) is 5.78. The monoisotopic (exact) mass is 545 g/mol. The summed E-state index contributed by atoms with van der Waals surface area (Å²) in [7, 11) is -7.59. The molecule has 3 aromatic rings. The van der Waals surface area contributed by atoms with Gasteiger partial charge in [-0.25, -0.2) is 16.8 Å². The highest BCUT2D eigenvalue weighted by Gasteiger charge is 2.25. The van der Waals surface area contributed by atoms with Crippen LogP contribution in [0.1, 0.15) is 29.8 Å². The molecule has 2 N–H and O–H groups in total. The van der Waals surface area contributed by atoms with Crippen molar-refractivity contribution in [3.8, 4) is 0 Å². The maximum atomic E-state index is 13.2. The van der Waals surface area contributed by atoms with Crippen LogP contribution in [0, 0.1) is 6.92 Å². The van der Waals surface area contributed by atoms with Gasteiger partial charge in [0.05, 0.1) is 28.6 Å². The van der Waals surface area contributed by atoms with Crippen LogP contribution in [0.2, 0.25) is 0 Å². The van der Waals surface area contributed by atoms with Crippen LogP contribution in [0.25, 0.3) is 0 Å². The molecule has 3 aromatic carbocycles. The van der Waals surface area contributed by atoms with Crippen molar-refractivity contribution >= 4 is 37.3 Å². The Bertz CT molecular complexity index is 1420. The van der Waals surface area contributed by atoms with Crippen LogP contribution in [0.15, 0.2) is 82.6 Å². The Hall–Kier alpha value is -3.25. The second kappa shape index (κ2) is 11.9. The van der Waals surface area contributed by atoms with Crippen molar-refractivity contribution in [3.05, 3.63) is 83.9 Å². The first-order valence-electron chi connectivity index (χ1n) is 11.8. The number of carbonyl (C=O) groups excluding carboxylic acids is 1. The van der Waals surface area contributed by atoms with E-state index in [4.69, 9.17) is 0 Å². The highest BCUT2D eigenvalue weighted by atomic mass is 32.2. The fourth-order valence-electron chi connectivity index (χ4n) is 3.72. The number of benzene rings is 3. The molecule has 0 saturated heterocycles. The number of nitrogens with one attached hydrogen (secondary N) is 1. The number of carbonyl (C=O) groups is 1. The molecule has 0 aromatic heterocycles. The van der Waals surface area contributed by atoms with E-state index in [0.29, 0.717) is 24.5 Å². The topological polar surface area (TPSA) is 124 Å². The van der Waals surface area contributed by atoms with Crippen molar-refractivity contribution in [2.45, 2.75) is 30.6 Å². The number of amides is 1. The predicted molar refractivity (Wildman–Crippen MR) is 144 cm³/mol. The summed E-state index contributed by atoms with van der Waals surface area (Å²) in [4.78, 5) is 12.8. The molecular weight excluding hydrogens is 514 g/mol. The normalized spacial score (nSPS) is 11.9. The number of hydrogen-bond donors (Lipinski definition) is 2. The highest BCUT2D eigenvalue weighted by molar-refractivity contribution is 7.92. The Kier molecular flexibility index (Phi) is 9.08. The molecule has 0 fully saturated rings. The van der Waals surface area contributed by atoms with Crippen LogP contribution in [0.5, 0.6) is 0 Å². The van der Waals surface area contributed by atoms with E-state index in [9.17, 15) is 26.7 Å². The van der Waals surface area contributed by atoms with Gasteiger partial charge in [-0.3, -0.25) is 9.10 Å². The van der Waals surface area contributed by atoms with Crippen LogP contribution in [-0.2, 0) is 20.0 Å². The smallest absolute Gasteiger partial charge is 0.264 e. The zero-order chi connectivity index (χ0) is 27.2. The van der Waals surface area contributed by atoms with Crippen LogP contribution in [0.4, 0.5) is 11.4 Å². The standard InChI is InChI=1S/C26H31N3O6S2/c1-4-28(5-2)36(32,33)24-14-8-21(9-15-24)26(31)27-22-10-16-25(17-11-22)37(34,35)29(18-19-30)23-12-6-20(3)7-13-23/h6-17,30H,4-5,18-19H2,1-3H3,(H,27,31). The van der Waals surface area contributed by atoms with E-state index in [1.807, 2.05) is 6.92 Å². The summed E-state index contributed by atoms with van der Waals surface area (Å²) in [5.41, 5.74) is 2.03. The van der Waals surface area contributed by atoms with Crippen molar-refractivity contribution in [1.29, 1.82) is 0 Å². The van der Waals surface area contributed by atoms with E-state index in [2.05, 4.69) is 5.32 Å². The molecule has 0 aliphatic carbocycles. The predicted octanol–water partition coefficient (Wildman–Crippen LogP) is 3.47. The number of aliphatic hydroxyl groups is 1. The van der Waals surface area contributed by atoms with E-state index in [1.54, 1.807) is 38.1 Å². The molecule has 0 saturated carbocycles. The summed E-state index contributed by atoms with van der Waals surface area (Å²) in [6.45, 7) is 5.63. The SMILES string of the molecule is CCN(CC)S(=O)(=O)c1ccc(C(=O)Nc2ccc(S(=O)(=O)N(CCO)c3ccc(C)cc3)cc2)cc1. The molecule has 0 heterocycles. The first-order chi connectivity index (χ1) is 17.5. The van der Waals surface area contributed by atoms with Gasteiger partial charge >= 0.3 is 0 Å². The molecule has 0 aliphatic rings. The molecule has 0 atom stereocenters. The molecule has 0 radical (unpaired) electrons. The van der Waals surface area contributed by atoms with Crippen LogP contribution >= 0.6 is 0 Å². The fraction of sp³-hybridized carbons (Fsp3) is 0.269. The first kappa shape index (κ1) is 28.3. The van der Waals surface area contributed by atoms with Gasteiger partial charge in [0.15, 0.2) is 0 Å². The fourth-order valence-corrected chi connectivity index (χ4v) is 6.64. The Morgan fingerprint density at radius 3 is 1.81 bits per heavy atom. The van der Waals surface area contributed by atoms with Crippen molar-refractivity contribution in [2.24, 2.45) is 0 Å². The molecule has 3 rings (SSSR count).